The third-order valence-corrected chi connectivity index (χ3v) is 2.40. The van der Waals surface area contributed by atoms with E-state index in [9.17, 15) is 14.7 Å². The van der Waals surface area contributed by atoms with Crippen LogP contribution in [0, 0.1) is 0 Å². The molecule has 0 radical (unpaired) electrons. The summed E-state index contributed by atoms with van der Waals surface area (Å²) in [5.74, 6) is -1.45. The van der Waals surface area contributed by atoms with E-state index in [-0.39, 0.29) is 6.42 Å². The topological polar surface area (TPSA) is 76.0 Å². The highest BCUT2D eigenvalue weighted by atomic mass is 16.5. The molecule has 5 heteroatoms. The Hall–Kier alpha value is -2.17. The zero-order chi connectivity index (χ0) is 14.3. The van der Waals surface area contributed by atoms with Gasteiger partial charge in [-0.2, -0.15) is 0 Å². The number of carbonyl (C=O) groups is 2. The minimum Gasteiger partial charge on any atom is -0.479 e. The maximum absolute atomic E-state index is 11.3. The molecule has 0 aliphatic carbocycles. The van der Waals surface area contributed by atoms with Gasteiger partial charge in [-0.25, -0.2) is 4.79 Å². The van der Waals surface area contributed by atoms with Crippen LogP contribution in [0.1, 0.15) is 31.9 Å². The third kappa shape index (κ3) is 4.91. The lowest BCUT2D eigenvalue weighted by molar-refractivity contribution is -0.142. The molecule has 1 N–H and O–H groups in total. The van der Waals surface area contributed by atoms with Gasteiger partial charge in [0, 0.05) is 5.71 Å². The third-order valence-electron chi connectivity index (χ3n) is 2.40. The van der Waals surface area contributed by atoms with Gasteiger partial charge in [0.15, 0.2) is 6.04 Å². The van der Waals surface area contributed by atoms with Gasteiger partial charge < -0.3 is 9.84 Å². The van der Waals surface area contributed by atoms with Crippen LogP contribution in [0.25, 0.3) is 0 Å². The quantitative estimate of drug-likeness (QED) is 0.630. The van der Waals surface area contributed by atoms with E-state index in [2.05, 4.69) is 4.99 Å². The van der Waals surface area contributed by atoms with Crippen LogP contribution in [0.4, 0.5) is 0 Å². The van der Waals surface area contributed by atoms with E-state index in [1.165, 1.54) is 0 Å². The van der Waals surface area contributed by atoms with Gasteiger partial charge in [0.1, 0.15) is 0 Å². The van der Waals surface area contributed by atoms with Crippen molar-refractivity contribution in [2.75, 3.05) is 6.61 Å². The molecule has 0 amide bonds. The molecule has 0 fully saturated rings. The number of carboxylic acid groups (broad SMARTS) is 1. The fourth-order valence-corrected chi connectivity index (χ4v) is 1.59. The van der Waals surface area contributed by atoms with Crippen LogP contribution < -0.4 is 0 Å². The number of rotatable bonds is 6. The number of ether oxygens (including phenoxy) is 1. The number of benzene rings is 1. The fourth-order valence-electron chi connectivity index (χ4n) is 1.59. The Bertz CT molecular complexity index is 468. The second-order valence-electron chi connectivity index (χ2n) is 4.00. The standard InChI is InChI=1S/C14H17NO4/c1-3-19-12(16)9-10(2)15-13(14(17)18)11-7-5-4-6-8-11/h4-8,13H,3,9H2,1-2H3,(H,17,18). The van der Waals surface area contributed by atoms with Crippen molar-refractivity contribution < 1.29 is 19.4 Å². The largest absolute Gasteiger partial charge is 0.479 e. The van der Waals surface area contributed by atoms with E-state index in [0.29, 0.717) is 17.9 Å². The second kappa shape index (κ2) is 7.31. The first-order valence-corrected chi connectivity index (χ1v) is 6.01. The minimum atomic E-state index is -1.05. The number of aliphatic imine (C=N–C) groups is 1. The molecule has 1 rings (SSSR count). The molecule has 0 bridgehead atoms. The Balaban J connectivity index is 2.84. The van der Waals surface area contributed by atoms with E-state index in [1.807, 2.05) is 0 Å². The molecule has 0 spiro atoms. The molecule has 5 nitrogen and oxygen atoms in total. The minimum absolute atomic E-state index is 0.00442. The number of hydrogen-bond donors (Lipinski definition) is 1. The molecule has 0 heterocycles. The van der Waals surface area contributed by atoms with Gasteiger partial charge in [-0.3, -0.25) is 9.79 Å². The number of esters is 1. The lowest BCUT2D eigenvalue weighted by Gasteiger charge is -2.09. The molecule has 1 aromatic carbocycles. The van der Waals surface area contributed by atoms with Gasteiger partial charge in [-0.15, -0.1) is 0 Å². The first-order chi connectivity index (χ1) is 9.04. The molecule has 0 saturated heterocycles. The predicted molar refractivity (Wildman–Crippen MR) is 71.2 cm³/mol. The van der Waals surface area contributed by atoms with E-state index >= 15 is 0 Å². The highest BCUT2D eigenvalue weighted by Gasteiger charge is 2.19. The molecule has 19 heavy (non-hydrogen) atoms. The number of hydrogen-bond acceptors (Lipinski definition) is 4. The van der Waals surface area contributed by atoms with Crippen LogP contribution in [0.3, 0.4) is 0 Å². The second-order valence-corrected chi connectivity index (χ2v) is 4.00. The highest BCUT2D eigenvalue weighted by molar-refractivity contribution is 5.98. The molecule has 0 aliphatic rings. The van der Waals surface area contributed by atoms with Crippen LogP contribution in [0.15, 0.2) is 35.3 Å². The average molecular weight is 263 g/mol. The van der Waals surface area contributed by atoms with Crippen LogP contribution in [0.5, 0.6) is 0 Å². The lowest BCUT2D eigenvalue weighted by Crippen LogP contribution is -2.14. The Morgan fingerprint density at radius 1 is 1.32 bits per heavy atom. The first kappa shape index (κ1) is 14.9. The maximum atomic E-state index is 11.3. The van der Waals surface area contributed by atoms with Crippen molar-refractivity contribution in [3.05, 3.63) is 35.9 Å². The van der Waals surface area contributed by atoms with E-state index in [4.69, 9.17) is 4.74 Å². The zero-order valence-electron chi connectivity index (χ0n) is 11.0. The van der Waals surface area contributed by atoms with E-state index in [0.717, 1.165) is 0 Å². The van der Waals surface area contributed by atoms with E-state index in [1.54, 1.807) is 44.2 Å². The number of carbonyl (C=O) groups excluding carboxylic acids is 1. The van der Waals surface area contributed by atoms with Crippen LogP contribution >= 0.6 is 0 Å². The van der Waals surface area contributed by atoms with Crippen LogP contribution in [-0.2, 0) is 14.3 Å². The van der Waals surface area contributed by atoms with Gasteiger partial charge >= 0.3 is 11.9 Å². The SMILES string of the molecule is CCOC(=O)CC(C)=NC(C(=O)O)c1ccccc1. The summed E-state index contributed by atoms with van der Waals surface area (Å²) >= 11 is 0. The Kier molecular flexibility index (Phi) is 5.73. The van der Waals surface area contributed by atoms with Crippen molar-refractivity contribution in [3.8, 4) is 0 Å². The molecule has 1 atom stereocenters. The van der Waals surface area contributed by atoms with Crippen LogP contribution in [-0.4, -0.2) is 29.4 Å². The van der Waals surface area contributed by atoms with Gasteiger partial charge in [0.2, 0.25) is 0 Å². The summed E-state index contributed by atoms with van der Waals surface area (Å²) < 4.78 is 4.79. The average Bonchev–Trinajstić information content (AvgIpc) is 2.37. The molecule has 102 valence electrons. The summed E-state index contributed by atoms with van der Waals surface area (Å²) in [4.78, 5) is 26.6. The predicted octanol–water partition coefficient (Wildman–Crippen LogP) is 2.23. The van der Waals surface area contributed by atoms with Crippen molar-refractivity contribution >= 4 is 17.7 Å². The van der Waals surface area contributed by atoms with Crippen molar-refractivity contribution in [1.82, 2.24) is 0 Å². The van der Waals surface area contributed by atoms with Gasteiger partial charge in [0.25, 0.3) is 0 Å². The monoisotopic (exact) mass is 263 g/mol. The fraction of sp³-hybridized carbons (Fsp3) is 0.357. The first-order valence-electron chi connectivity index (χ1n) is 6.01. The molecular weight excluding hydrogens is 246 g/mol. The summed E-state index contributed by atoms with van der Waals surface area (Å²) in [5, 5.41) is 9.19. The Morgan fingerprint density at radius 2 is 1.95 bits per heavy atom. The summed E-state index contributed by atoms with van der Waals surface area (Å²) in [5.41, 5.74) is 1.02. The number of aliphatic carboxylic acids is 1. The zero-order valence-corrected chi connectivity index (χ0v) is 11.0. The Morgan fingerprint density at radius 3 is 2.47 bits per heavy atom. The molecule has 0 aliphatic heterocycles. The van der Waals surface area contributed by atoms with Gasteiger partial charge in [-0.05, 0) is 19.4 Å². The molecule has 0 aromatic heterocycles. The summed E-state index contributed by atoms with van der Waals surface area (Å²) in [6.07, 6.45) is 0.00442. The molecule has 0 saturated carbocycles. The summed E-state index contributed by atoms with van der Waals surface area (Å²) in [7, 11) is 0. The molecule has 1 aromatic rings. The smallest absolute Gasteiger partial charge is 0.333 e. The Labute approximate surface area is 111 Å². The maximum Gasteiger partial charge on any atom is 0.333 e. The lowest BCUT2D eigenvalue weighted by atomic mass is 10.1. The van der Waals surface area contributed by atoms with E-state index < -0.39 is 18.0 Å². The summed E-state index contributed by atoms with van der Waals surface area (Å²) in [6.45, 7) is 3.64. The number of carboxylic acids is 1. The summed E-state index contributed by atoms with van der Waals surface area (Å²) in [6, 6.07) is 7.70. The highest BCUT2D eigenvalue weighted by Crippen LogP contribution is 2.18. The van der Waals surface area contributed by atoms with Gasteiger partial charge in [-0.1, -0.05) is 30.3 Å². The number of nitrogens with zero attached hydrogens (tertiary/aromatic N) is 1. The van der Waals surface area contributed by atoms with Crippen molar-refractivity contribution in [2.45, 2.75) is 26.3 Å². The van der Waals surface area contributed by atoms with Crippen LogP contribution in [0.2, 0.25) is 0 Å². The molecule has 1 unspecified atom stereocenters. The van der Waals surface area contributed by atoms with Crippen molar-refractivity contribution in [3.63, 3.8) is 0 Å². The molecular formula is C14H17NO4. The normalized spacial score (nSPS) is 12.8. The van der Waals surface area contributed by atoms with Crippen molar-refractivity contribution in [2.24, 2.45) is 4.99 Å². The van der Waals surface area contributed by atoms with Crippen molar-refractivity contribution in [1.29, 1.82) is 0 Å². The van der Waals surface area contributed by atoms with Gasteiger partial charge in [0.05, 0.1) is 13.0 Å².